The highest BCUT2D eigenvalue weighted by Crippen LogP contribution is 2.45. The van der Waals surface area contributed by atoms with Crippen molar-refractivity contribution in [3.8, 4) is 0 Å². The van der Waals surface area contributed by atoms with E-state index in [1.54, 1.807) is 0 Å². The van der Waals surface area contributed by atoms with Gasteiger partial charge in [0.15, 0.2) is 5.69 Å². The Hall–Kier alpha value is -1.36. The van der Waals surface area contributed by atoms with E-state index in [4.69, 9.17) is 0 Å². The van der Waals surface area contributed by atoms with Crippen LogP contribution in [0.1, 0.15) is 67.7 Å². The van der Waals surface area contributed by atoms with Crippen LogP contribution in [0.15, 0.2) is 0 Å². The maximum Gasteiger partial charge on any atom is 0.272 e. The number of carbonyl (C=O) groups is 1. The number of nitrogens with one attached hydrogen (secondary N) is 1. The number of nitrogens with zero attached hydrogens (tertiary/aromatic N) is 2. The van der Waals surface area contributed by atoms with E-state index in [2.05, 4.69) is 24.3 Å². The lowest BCUT2D eigenvalue weighted by Gasteiger charge is -2.48. The second-order valence-corrected chi connectivity index (χ2v) is 7.67. The zero-order valence-electron chi connectivity index (χ0n) is 14.6. The summed E-state index contributed by atoms with van der Waals surface area (Å²) < 4.78 is 1.87. The van der Waals surface area contributed by atoms with Crippen molar-refractivity contribution in [1.82, 2.24) is 15.1 Å². The number of aliphatic hydroxyl groups excluding tert-OH is 1. The second kappa shape index (κ2) is 6.27. The molecule has 1 atom stereocenters. The van der Waals surface area contributed by atoms with E-state index in [1.807, 2.05) is 11.7 Å². The molecule has 1 heterocycles. The van der Waals surface area contributed by atoms with E-state index >= 15 is 0 Å². The van der Waals surface area contributed by atoms with E-state index in [0.717, 1.165) is 44.1 Å². The maximum atomic E-state index is 12.9. The molecule has 2 N–H and O–H groups in total. The number of fused-ring (bicyclic) bond motifs is 1. The fourth-order valence-electron chi connectivity index (χ4n) is 4.39. The highest BCUT2D eigenvalue weighted by atomic mass is 16.3. The summed E-state index contributed by atoms with van der Waals surface area (Å²) in [6, 6.07) is 0.00926. The molecule has 2 aliphatic carbocycles. The smallest absolute Gasteiger partial charge is 0.272 e. The molecule has 1 fully saturated rings. The highest BCUT2D eigenvalue weighted by Gasteiger charge is 2.46. The lowest BCUT2D eigenvalue weighted by Crippen LogP contribution is -2.56. The largest absolute Gasteiger partial charge is 0.396 e. The summed E-state index contributed by atoms with van der Waals surface area (Å²) in [5.41, 5.74) is 2.80. The Kier molecular flexibility index (Phi) is 4.50. The van der Waals surface area contributed by atoms with Crippen LogP contribution in [-0.2, 0) is 19.9 Å². The maximum absolute atomic E-state index is 12.9. The van der Waals surface area contributed by atoms with E-state index in [1.165, 1.54) is 12.1 Å². The van der Waals surface area contributed by atoms with Crippen molar-refractivity contribution in [2.75, 3.05) is 6.61 Å². The molecule has 0 aliphatic heterocycles. The predicted octanol–water partition coefficient (Wildman–Crippen LogP) is 2.22. The average Bonchev–Trinajstić information content (AvgIpc) is 2.83. The van der Waals surface area contributed by atoms with Gasteiger partial charge in [-0.25, -0.2) is 0 Å². The van der Waals surface area contributed by atoms with Crippen molar-refractivity contribution in [3.63, 3.8) is 0 Å². The molecule has 1 aromatic heterocycles. The number of aromatic nitrogens is 2. The molecule has 5 heteroatoms. The summed E-state index contributed by atoms with van der Waals surface area (Å²) in [5.74, 6) is 0.230. The number of aliphatic hydroxyl groups is 1. The summed E-state index contributed by atoms with van der Waals surface area (Å²) in [5, 5.41) is 17.6. The van der Waals surface area contributed by atoms with Crippen LogP contribution in [0.25, 0.3) is 0 Å². The summed E-state index contributed by atoms with van der Waals surface area (Å²) in [6.45, 7) is 4.39. The third-order valence-corrected chi connectivity index (χ3v) is 5.86. The average molecular weight is 319 g/mol. The lowest BCUT2D eigenvalue weighted by atomic mass is 9.62. The van der Waals surface area contributed by atoms with Crippen molar-refractivity contribution in [2.45, 2.75) is 64.8 Å². The van der Waals surface area contributed by atoms with Gasteiger partial charge in [0.05, 0.1) is 6.61 Å². The lowest BCUT2D eigenvalue weighted by molar-refractivity contribution is -0.00786. The van der Waals surface area contributed by atoms with Crippen molar-refractivity contribution >= 4 is 5.91 Å². The minimum atomic E-state index is -0.140. The molecule has 1 saturated carbocycles. The Morgan fingerprint density at radius 2 is 2.00 bits per heavy atom. The van der Waals surface area contributed by atoms with Crippen molar-refractivity contribution in [1.29, 1.82) is 0 Å². The third kappa shape index (κ3) is 2.80. The molecule has 5 nitrogen and oxygen atoms in total. The monoisotopic (exact) mass is 319 g/mol. The molecule has 128 valence electrons. The van der Waals surface area contributed by atoms with Gasteiger partial charge in [0.1, 0.15) is 0 Å². The van der Waals surface area contributed by atoms with Gasteiger partial charge in [-0.3, -0.25) is 9.48 Å². The molecular formula is C18H29N3O2. The molecule has 0 aromatic carbocycles. The highest BCUT2D eigenvalue weighted by molar-refractivity contribution is 5.94. The minimum absolute atomic E-state index is 0.00926. The Labute approximate surface area is 138 Å². The molecule has 0 saturated heterocycles. The number of amides is 1. The first kappa shape index (κ1) is 16.5. The van der Waals surface area contributed by atoms with Crippen molar-refractivity contribution in [3.05, 3.63) is 17.0 Å². The van der Waals surface area contributed by atoms with Crippen LogP contribution in [-0.4, -0.2) is 33.4 Å². The number of hydrogen-bond acceptors (Lipinski definition) is 3. The molecule has 2 aliphatic rings. The van der Waals surface area contributed by atoms with Crippen molar-refractivity contribution < 1.29 is 9.90 Å². The summed E-state index contributed by atoms with van der Waals surface area (Å²) in [4.78, 5) is 12.9. The van der Waals surface area contributed by atoms with E-state index in [0.29, 0.717) is 11.6 Å². The van der Waals surface area contributed by atoms with E-state index < -0.39 is 0 Å². The van der Waals surface area contributed by atoms with Crippen molar-refractivity contribution in [2.24, 2.45) is 18.4 Å². The van der Waals surface area contributed by atoms with Crippen LogP contribution in [0, 0.1) is 11.3 Å². The van der Waals surface area contributed by atoms with Crippen LogP contribution in [0.4, 0.5) is 0 Å². The van der Waals surface area contributed by atoms with Gasteiger partial charge >= 0.3 is 0 Å². The van der Waals surface area contributed by atoms with E-state index in [-0.39, 0.29) is 24.0 Å². The quantitative estimate of drug-likeness (QED) is 0.874. The van der Waals surface area contributed by atoms with Crippen LogP contribution >= 0.6 is 0 Å². The SMILES string of the molecule is CC(C)C(NC(=O)c1nn(C)c2c1CCCC2)C1(CO)CCC1. The molecule has 0 spiro atoms. The minimum Gasteiger partial charge on any atom is -0.396 e. The number of hydrogen-bond donors (Lipinski definition) is 2. The molecule has 0 radical (unpaired) electrons. The zero-order valence-corrected chi connectivity index (χ0v) is 14.6. The molecule has 1 amide bonds. The van der Waals surface area contributed by atoms with Gasteiger partial charge < -0.3 is 10.4 Å². The number of rotatable bonds is 5. The summed E-state index contributed by atoms with van der Waals surface area (Å²) in [7, 11) is 1.93. The van der Waals surface area contributed by atoms with E-state index in [9.17, 15) is 9.90 Å². The predicted molar refractivity (Wildman–Crippen MR) is 89.3 cm³/mol. The summed E-state index contributed by atoms with van der Waals surface area (Å²) >= 11 is 0. The number of carbonyl (C=O) groups excluding carboxylic acids is 1. The topological polar surface area (TPSA) is 67.2 Å². The number of aryl methyl sites for hydroxylation is 1. The van der Waals surface area contributed by atoms with Crippen LogP contribution in [0.5, 0.6) is 0 Å². The Bertz CT molecular complexity index is 582. The van der Waals surface area contributed by atoms with Gasteiger partial charge in [0, 0.05) is 29.8 Å². The van der Waals surface area contributed by atoms with Crippen LogP contribution in [0.2, 0.25) is 0 Å². The van der Waals surface area contributed by atoms with Crippen LogP contribution in [0.3, 0.4) is 0 Å². The van der Waals surface area contributed by atoms with Gasteiger partial charge in [-0.1, -0.05) is 20.3 Å². The zero-order chi connectivity index (χ0) is 16.6. The Balaban J connectivity index is 1.83. The summed E-state index contributed by atoms with van der Waals surface area (Å²) in [6.07, 6.45) is 7.39. The normalized spacial score (nSPS) is 20.7. The van der Waals surface area contributed by atoms with Gasteiger partial charge in [0.25, 0.3) is 5.91 Å². The van der Waals surface area contributed by atoms with Gasteiger partial charge in [-0.2, -0.15) is 5.10 Å². The molecule has 1 aromatic rings. The fourth-order valence-corrected chi connectivity index (χ4v) is 4.39. The van der Waals surface area contributed by atoms with Gasteiger partial charge in [-0.05, 0) is 44.4 Å². The second-order valence-electron chi connectivity index (χ2n) is 7.67. The van der Waals surface area contributed by atoms with Crippen LogP contribution < -0.4 is 5.32 Å². The standard InChI is InChI=1S/C18H29N3O2/c1-12(2)16(18(11-22)9-6-10-18)19-17(23)15-13-7-4-5-8-14(13)21(3)20-15/h12,16,22H,4-11H2,1-3H3,(H,19,23). The first-order valence-corrected chi connectivity index (χ1v) is 8.95. The first-order chi connectivity index (χ1) is 11.0. The third-order valence-electron chi connectivity index (χ3n) is 5.86. The molecule has 3 rings (SSSR count). The fraction of sp³-hybridized carbons (Fsp3) is 0.778. The van der Waals surface area contributed by atoms with Gasteiger partial charge in [-0.15, -0.1) is 0 Å². The molecular weight excluding hydrogens is 290 g/mol. The molecule has 23 heavy (non-hydrogen) atoms. The van der Waals surface area contributed by atoms with Gasteiger partial charge in [0.2, 0.25) is 0 Å². The Morgan fingerprint density at radius 3 is 2.57 bits per heavy atom. The Morgan fingerprint density at radius 1 is 1.30 bits per heavy atom. The molecule has 1 unspecified atom stereocenters. The first-order valence-electron chi connectivity index (χ1n) is 8.95. The molecule has 0 bridgehead atoms.